The Morgan fingerprint density at radius 2 is 1.60 bits per heavy atom. The number of unbranched alkanes of at least 4 members (excludes halogenated alkanes) is 2. The van der Waals surface area contributed by atoms with E-state index in [1.165, 1.54) is 43.3 Å². The zero-order valence-corrected chi connectivity index (χ0v) is 10.7. The lowest BCUT2D eigenvalue weighted by Gasteiger charge is -2.01. The Balaban J connectivity index is 3.94. The van der Waals surface area contributed by atoms with Gasteiger partial charge in [-0.2, -0.15) is 0 Å². The molecular weight excluding hydrogens is 180 g/mol. The van der Waals surface area contributed by atoms with Gasteiger partial charge in [0.2, 0.25) is 0 Å². The second-order valence-electron chi connectivity index (χ2n) is 4.06. The molecule has 0 fully saturated rings. The molecule has 15 heavy (non-hydrogen) atoms. The maximum atomic E-state index is 4.06. The lowest BCUT2D eigenvalue weighted by Crippen LogP contribution is -1.81. The van der Waals surface area contributed by atoms with Crippen molar-refractivity contribution in [3.8, 4) is 0 Å². The number of hydrogen-bond donors (Lipinski definition) is 0. The van der Waals surface area contributed by atoms with E-state index >= 15 is 0 Å². The van der Waals surface area contributed by atoms with Gasteiger partial charge in [-0.15, -0.1) is 0 Å². The van der Waals surface area contributed by atoms with Crippen LogP contribution < -0.4 is 0 Å². The molecule has 0 saturated heterocycles. The average Bonchev–Trinajstić information content (AvgIpc) is 2.26. The van der Waals surface area contributed by atoms with Gasteiger partial charge in [0, 0.05) is 0 Å². The van der Waals surface area contributed by atoms with Crippen molar-refractivity contribution in [1.82, 2.24) is 0 Å². The van der Waals surface area contributed by atoms with Crippen molar-refractivity contribution in [2.24, 2.45) is 0 Å². The highest BCUT2D eigenvalue weighted by Gasteiger charge is 1.92. The van der Waals surface area contributed by atoms with Gasteiger partial charge in [-0.05, 0) is 32.6 Å². The highest BCUT2D eigenvalue weighted by molar-refractivity contribution is 5.25. The lowest BCUT2D eigenvalue weighted by atomic mass is 10.1. The first-order valence-corrected chi connectivity index (χ1v) is 6.25. The molecule has 0 rings (SSSR count). The molecule has 0 spiro atoms. The van der Waals surface area contributed by atoms with Gasteiger partial charge in [-0.3, -0.25) is 0 Å². The van der Waals surface area contributed by atoms with Crippen LogP contribution in [0, 0.1) is 0 Å². The van der Waals surface area contributed by atoms with Crippen LogP contribution in [0.4, 0.5) is 0 Å². The van der Waals surface area contributed by atoms with E-state index in [1.807, 2.05) is 0 Å². The first kappa shape index (κ1) is 14.2. The van der Waals surface area contributed by atoms with Crippen LogP contribution in [-0.4, -0.2) is 0 Å². The van der Waals surface area contributed by atoms with Crippen molar-refractivity contribution in [1.29, 1.82) is 0 Å². The lowest BCUT2D eigenvalue weighted by molar-refractivity contribution is 0.793. The molecule has 0 aromatic rings. The second-order valence-corrected chi connectivity index (χ2v) is 4.06. The van der Waals surface area contributed by atoms with Crippen LogP contribution >= 0.6 is 0 Å². The zero-order chi connectivity index (χ0) is 11.5. The third-order valence-corrected chi connectivity index (χ3v) is 2.57. The van der Waals surface area contributed by atoms with E-state index in [2.05, 4.69) is 45.6 Å². The fraction of sp³-hybridized carbons (Fsp3) is 0.600. The molecule has 0 saturated carbocycles. The molecule has 0 nitrogen and oxygen atoms in total. The molecule has 0 aromatic carbocycles. The Hall–Kier alpha value is -0.780. The van der Waals surface area contributed by atoms with Crippen molar-refractivity contribution in [2.75, 3.05) is 0 Å². The van der Waals surface area contributed by atoms with Crippen LogP contribution in [0.5, 0.6) is 0 Å². The summed E-state index contributed by atoms with van der Waals surface area (Å²) in [5.74, 6) is 0. The minimum absolute atomic E-state index is 1.14. The summed E-state index contributed by atoms with van der Waals surface area (Å²) in [6.45, 7) is 10.6. The fourth-order valence-electron chi connectivity index (χ4n) is 1.42. The van der Waals surface area contributed by atoms with E-state index in [0.29, 0.717) is 0 Å². The highest BCUT2D eigenvalue weighted by atomic mass is 14.0. The number of hydrogen-bond acceptors (Lipinski definition) is 0. The van der Waals surface area contributed by atoms with Gasteiger partial charge in [0.1, 0.15) is 0 Å². The third kappa shape index (κ3) is 8.23. The van der Waals surface area contributed by atoms with E-state index in [9.17, 15) is 0 Å². The monoisotopic (exact) mass is 206 g/mol. The molecule has 0 atom stereocenters. The normalized spacial score (nSPS) is 12.3. The van der Waals surface area contributed by atoms with Crippen molar-refractivity contribution in [2.45, 2.75) is 59.3 Å². The topological polar surface area (TPSA) is 0 Å². The van der Waals surface area contributed by atoms with Gasteiger partial charge in [0.25, 0.3) is 0 Å². The maximum Gasteiger partial charge on any atom is -0.0282 e. The molecule has 0 heteroatoms. The average molecular weight is 206 g/mol. The molecule has 0 heterocycles. The Morgan fingerprint density at radius 1 is 1.00 bits per heavy atom. The van der Waals surface area contributed by atoms with Gasteiger partial charge < -0.3 is 0 Å². The number of rotatable bonds is 8. The molecule has 0 aliphatic carbocycles. The SMILES string of the molecule is C=C(/C=C\C(=C/C)CCCC)CCCC. The minimum Gasteiger partial charge on any atom is -0.0958 e. The van der Waals surface area contributed by atoms with Crippen LogP contribution in [0.3, 0.4) is 0 Å². The highest BCUT2D eigenvalue weighted by Crippen LogP contribution is 2.12. The number of allylic oxidation sites excluding steroid dienone is 5. The molecule has 0 N–H and O–H groups in total. The summed E-state index contributed by atoms with van der Waals surface area (Å²) in [6.07, 6.45) is 14.0. The fourth-order valence-corrected chi connectivity index (χ4v) is 1.42. The van der Waals surface area contributed by atoms with Gasteiger partial charge in [-0.25, -0.2) is 0 Å². The zero-order valence-electron chi connectivity index (χ0n) is 10.7. The van der Waals surface area contributed by atoms with E-state index in [-0.39, 0.29) is 0 Å². The summed E-state index contributed by atoms with van der Waals surface area (Å²) in [7, 11) is 0. The predicted octanol–water partition coefficient (Wildman–Crippen LogP) is 5.43. The van der Waals surface area contributed by atoms with Crippen molar-refractivity contribution in [3.05, 3.63) is 36.0 Å². The van der Waals surface area contributed by atoms with Crippen molar-refractivity contribution in [3.63, 3.8) is 0 Å². The molecule has 0 amide bonds. The standard InChI is InChI=1S/C15H26/c1-5-8-10-14(4)12-13-15(7-3)11-9-6-2/h7,12-13H,4-6,8-11H2,1-3H3/b13-12-,15-7-. The predicted molar refractivity (Wildman–Crippen MR) is 71.1 cm³/mol. The molecule has 86 valence electrons. The quantitative estimate of drug-likeness (QED) is 0.465. The summed E-state index contributed by atoms with van der Waals surface area (Å²) in [5, 5.41) is 0. The molecular formula is C15H26. The smallest absolute Gasteiger partial charge is 0.0282 e. The molecule has 0 unspecified atom stereocenters. The van der Waals surface area contributed by atoms with Crippen LogP contribution in [0.25, 0.3) is 0 Å². The van der Waals surface area contributed by atoms with Crippen LogP contribution in [0.2, 0.25) is 0 Å². The summed E-state index contributed by atoms with van der Waals surface area (Å²) >= 11 is 0. The van der Waals surface area contributed by atoms with Gasteiger partial charge >= 0.3 is 0 Å². The summed E-state index contributed by atoms with van der Waals surface area (Å²) in [6, 6.07) is 0. The van der Waals surface area contributed by atoms with E-state index in [1.54, 1.807) is 0 Å². The second kappa shape index (κ2) is 9.76. The molecule has 0 aromatic heterocycles. The largest absolute Gasteiger partial charge is 0.0958 e. The molecule has 0 aliphatic rings. The van der Waals surface area contributed by atoms with Gasteiger partial charge in [0.05, 0.1) is 0 Å². The first-order valence-electron chi connectivity index (χ1n) is 6.25. The van der Waals surface area contributed by atoms with Crippen LogP contribution in [0.15, 0.2) is 36.0 Å². The van der Waals surface area contributed by atoms with Gasteiger partial charge in [-0.1, -0.05) is 62.6 Å². The first-order chi connectivity index (χ1) is 7.24. The summed E-state index contributed by atoms with van der Waals surface area (Å²) < 4.78 is 0. The van der Waals surface area contributed by atoms with Crippen molar-refractivity contribution < 1.29 is 0 Å². The Bertz CT molecular complexity index is 218. The third-order valence-electron chi connectivity index (χ3n) is 2.57. The van der Waals surface area contributed by atoms with E-state index < -0.39 is 0 Å². The molecule has 0 aliphatic heterocycles. The Labute approximate surface area is 95.8 Å². The van der Waals surface area contributed by atoms with Crippen LogP contribution in [0.1, 0.15) is 59.3 Å². The van der Waals surface area contributed by atoms with E-state index in [0.717, 1.165) is 6.42 Å². The maximum absolute atomic E-state index is 4.06. The molecule has 0 bridgehead atoms. The minimum atomic E-state index is 1.14. The summed E-state index contributed by atoms with van der Waals surface area (Å²) in [4.78, 5) is 0. The van der Waals surface area contributed by atoms with E-state index in [4.69, 9.17) is 0 Å². The van der Waals surface area contributed by atoms with Crippen molar-refractivity contribution >= 4 is 0 Å². The van der Waals surface area contributed by atoms with Crippen LogP contribution in [-0.2, 0) is 0 Å². The Kier molecular flexibility index (Phi) is 9.26. The molecule has 0 radical (unpaired) electrons. The summed E-state index contributed by atoms with van der Waals surface area (Å²) in [5.41, 5.74) is 2.70. The Morgan fingerprint density at radius 3 is 2.13 bits per heavy atom. The van der Waals surface area contributed by atoms with Gasteiger partial charge in [0.15, 0.2) is 0 Å².